The Morgan fingerprint density at radius 2 is 2.20 bits per heavy atom. The van der Waals surface area contributed by atoms with Crippen LogP contribution in [-0.4, -0.2) is 39.5 Å². The number of aromatic nitrogens is 2. The predicted molar refractivity (Wildman–Crippen MR) is 99.1 cm³/mol. The molecular weight excluding hydrogens is 366 g/mol. The molecule has 0 radical (unpaired) electrons. The Morgan fingerprint density at radius 1 is 1.36 bits per heavy atom. The number of amides is 1. The molecule has 130 valence electrons. The molecule has 0 fully saturated rings. The molecule has 0 bridgehead atoms. The van der Waals surface area contributed by atoms with E-state index in [1.54, 1.807) is 24.3 Å². The van der Waals surface area contributed by atoms with Gasteiger partial charge in [0.2, 0.25) is 5.91 Å². The summed E-state index contributed by atoms with van der Waals surface area (Å²) >= 11 is 7.22. The Balaban J connectivity index is 1.86. The van der Waals surface area contributed by atoms with Crippen LogP contribution in [0, 0.1) is 0 Å². The summed E-state index contributed by atoms with van der Waals surface area (Å²) in [6, 6.07) is 7.68. The molecule has 1 aromatic heterocycles. The van der Waals surface area contributed by atoms with Crippen molar-refractivity contribution < 1.29 is 4.79 Å². The molecule has 2 aromatic rings. The minimum absolute atomic E-state index is 0.0722. The lowest BCUT2D eigenvalue weighted by atomic mass is 10.3. The van der Waals surface area contributed by atoms with E-state index in [0.29, 0.717) is 22.4 Å². The Kier molecular flexibility index (Phi) is 5.25. The zero-order valence-corrected chi connectivity index (χ0v) is 14.5. The van der Waals surface area contributed by atoms with Crippen molar-refractivity contribution in [3.63, 3.8) is 0 Å². The van der Waals surface area contributed by atoms with Crippen molar-refractivity contribution in [2.24, 2.45) is 4.99 Å². The van der Waals surface area contributed by atoms with Crippen LogP contribution in [-0.2, 0) is 4.79 Å². The van der Waals surface area contributed by atoms with Gasteiger partial charge in [-0.2, -0.15) is 0 Å². The van der Waals surface area contributed by atoms with E-state index in [0.717, 1.165) is 12.6 Å². The van der Waals surface area contributed by atoms with Gasteiger partial charge >= 0.3 is 5.69 Å². The van der Waals surface area contributed by atoms with Gasteiger partial charge in [-0.05, 0) is 18.2 Å². The fourth-order valence-electron chi connectivity index (χ4n) is 2.24. The number of aliphatic imine (C=N–C) groups is 1. The minimum atomic E-state index is -0.667. The van der Waals surface area contributed by atoms with E-state index in [9.17, 15) is 14.4 Å². The van der Waals surface area contributed by atoms with Crippen LogP contribution in [0.15, 0.2) is 44.9 Å². The first-order valence-corrected chi connectivity index (χ1v) is 8.72. The molecule has 3 N–H and O–H groups in total. The molecule has 10 heteroatoms. The molecule has 0 spiro atoms. The van der Waals surface area contributed by atoms with Crippen LogP contribution in [0.1, 0.15) is 0 Å². The normalized spacial score (nSPS) is 13.2. The number of thioether (sulfide) groups is 1. The Hall–Kier alpha value is -2.52. The Bertz CT molecular complexity index is 953. The molecule has 1 aliphatic rings. The van der Waals surface area contributed by atoms with E-state index >= 15 is 0 Å². The predicted octanol–water partition coefficient (Wildman–Crippen LogP) is 0.810. The van der Waals surface area contributed by atoms with Gasteiger partial charge < -0.3 is 10.6 Å². The zero-order valence-electron chi connectivity index (χ0n) is 12.9. The van der Waals surface area contributed by atoms with E-state index in [4.69, 9.17) is 11.6 Å². The van der Waals surface area contributed by atoms with Crippen molar-refractivity contribution >= 4 is 40.3 Å². The van der Waals surface area contributed by atoms with Crippen molar-refractivity contribution in [3.8, 4) is 5.69 Å². The number of aromatic amines is 1. The molecule has 0 saturated heterocycles. The first-order valence-electron chi connectivity index (χ1n) is 7.36. The number of rotatable bonds is 4. The number of anilines is 1. The fourth-order valence-corrected chi connectivity index (χ4v) is 3.16. The molecule has 0 aliphatic carbocycles. The molecule has 2 heterocycles. The second-order valence-electron chi connectivity index (χ2n) is 5.09. The van der Waals surface area contributed by atoms with Crippen molar-refractivity contribution in [1.29, 1.82) is 0 Å². The summed E-state index contributed by atoms with van der Waals surface area (Å²) in [5, 5.41) is 6.76. The molecule has 8 nitrogen and oxygen atoms in total. The van der Waals surface area contributed by atoms with Gasteiger partial charge in [-0.15, -0.1) is 0 Å². The second-order valence-corrected chi connectivity index (χ2v) is 6.49. The van der Waals surface area contributed by atoms with Crippen LogP contribution in [0.25, 0.3) is 5.69 Å². The van der Waals surface area contributed by atoms with Crippen molar-refractivity contribution in [2.75, 3.05) is 24.2 Å². The van der Waals surface area contributed by atoms with Crippen LogP contribution < -0.4 is 21.9 Å². The second kappa shape index (κ2) is 7.58. The summed E-state index contributed by atoms with van der Waals surface area (Å²) in [5.74, 6) is -0.187. The summed E-state index contributed by atoms with van der Waals surface area (Å²) in [7, 11) is 0. The van der Waals surface area contributed by atoms with Gasteiger partial charge in [-0.1, -0.05) is 29.4 Å². The van der Waals surface area contributed by atoms with Gasteiger partial charge in [0, 0.05) is 17.6 Å². The summed E-state index contributed by atoms with van der Waals surface area (Å²) in [6.07, 6.45) is 0. The third-order valence-electron chi connectivity index (χ3n) is 3.26. The standard InChI is InChI=1S/C15H14ClN5O3S/c16-9-2-1-3-10(6-9)21-11(7-12(22)20-15(21)24)19-13(23)8-25-14-17-4-5-18-14/h1-3,6-7H,4-5,8H2,(H,17,18)(H,19,23)(H,20,22,24). The Labute approximate surface area is 151 Å². The van der Waals surface area contributed by atoms with Gasteiger partial charge in [-0.3, -0.25) is 19.6 Å². The molecular formula is C15H14ClN5O3S. The quantitative estimate of drug-likeness (QED) is 0.728. The number of hydrogen-bond donors (Lipinski definition) is 3. The van der Waals surface area contributed by atoms with E-state index in [1.807, 2.05) is 0 Å². The molecule has 25 heavy (non-hydrogen) atoms. The highest BCUT2D eigenvalue weighted by Gasteiger charge is 2.14. The highest BCUT2D eigenvalue weighted by atomic mass is 35.5. The van der Waals surface area contributed by atoms with Gasteiger partial charge in [-0.25, -0.2) is 9.36 Å². The number of nitrogens with one attached hydrogen (secondary N) is 3. The van der Waals surface area contributed by atoms with Crippen LogP contribution in [0.5, 0.6) is 0 Å². The number of carbonyl (C=O) groups is 1. The average Bonchev–Trinajstić information content (AvgIpc) is 3.06. The van der Waals surface area contributed by atoms with E-state index < -0.39 is 11.2 Å². The number of carbonyl (C=O) groups excluding carboxylic acids is 1. The summed E-state index contributed by atoms with van der Waals surface area (Å²) in [4.78, 5) is 42.4. The molecule has 1 aliphatic heterocycles. The molecule has 1 aromatic carbocycles. The van der Waals surface area contributed by atoms with Crippen LogP contribution in [0.2, 0.25) is 5.02 Å². The number of hydrogen-bond acceptors (Lipinski definition) is 6. The Morgan fingerprint density at radius 3 is 2.92 bits per heavy atom. The first-order chi connectivity index (χ1) is 12.0. The third kappa shape index (κ3) is 4.31. The number of nitrogens with zero attached hydrogens (tertiary/aromatic N) is 2. The lowest BCUT2D eigenvalue weighted by Crippen LogP contribution is -2.32. The fraction of sp³-hybridized carbons (Fsp3) is 0.200. The highest BCUT2D eigenvalue weighted by Crippen LogP contribution is 2.17. The SMILES string of the molecule is O=C(CSC1=NCCN1)Nc1cc(=O)[nH]c(=O)n1-c1cccc(Cl)c1. The lowest BCUT2D eigenvalue weighted by Gasteiger charge is -2.13. The van der Waals surface area contributed by atoms with E-state index in [2.05, 4.69) is 20.6 Å². The number of halogens is 1. The summed E-state index contributed by atoms with van der Waals surface area (Å²) < 4.78 is 1.18. The molecule has 1 amide bonds. The largest absolute Gasteiger partial charge is 0.363 e. The average molecular weight is 380 g/mol. The lowest BCUT2D eigenvalue weighted by molar-refractivity contribution is -0.113. The minimum Gasteiger partial charge on any atom is -0.363 e. The van der Waals surface area contributed by atoms with Gasteiger partial charge in [0.05, 0.1) is 18.0 Å². The third-order valence-corrected chi connectivity index (χ3v) is 4.45. The van der Waals surface area contributed by atoms with E-state index in [-0.39, 0.29) is 17.5 Å². The van der Waals surface area contributed by atoms with E-state index in [1.165, 1.54) is 16.3 Å². The molecule has 3 rings (SSSR count). The molecule has 0 unspecified atom stereocenters. The summed E-state index contributed by atoms with van der Waals surface area (Å²) in [5.41, 5.74) is -0.842. The maximum Gasteiger partial charge on any atom is 0.334 e. The maximum atomic E-state index is 12.2. The smallest absolute Gasteiger partial charge is 0.334 e. The first kappa shape index (κ1) is 17.3. The number of benzene rings is 1. The van der Waals surface area contributed by atoms with Gasteiger partial charge in [0.1, 0.15) is 5.82 Å². The van der Waals surface area contributed by atoms with Crippen molar-refractivity contribution in [1.82, 2.24) is 14.9 Å². The molecule has 0 saturated carbocycles. The number of amidine groups is 1. The zero-order chi connectivity index (χ0) is 17.8. The van der Waals surface area contributed by atoms with Crippen molar-refractivity contribution in [2.45, 2.75) is 0 Å². The van der Waals surface area contributed by atoms with Crippen LogP contribution in [0.3, 0.4) is 0 Å². The number of H-pyrrole nitrogens is 1. The monoisotopic (exact) mass is 379 g/mol. The van der Waals surface area contributed by atoms with Crippen LogP contribution in [0.4, 0.5) is 5.82 Å². The van der Waals surface area contributed by atoms with Gasteiger partial charge in [0.25, 0.3) is 5.56 Å². The highest BCUT2D eigenvalue weighted by molar-refractivity contribution is 8.14. The van der Waals surface area contributed by atoms with Crippen LogP contribution >= 0.6 is 23.4 Å². The van der Waals surface area contributed by atoms with Gasteiger partial charge in [0.15, 0.2) is 5.17 Å². The molecule has 0 atom stereocenters. The van der Waals surface area contributed by atoms with Crippen molar-refractivity contribution in [3.05, 3.63) is 56.2 Å². The summed E-state index contributed by atoms with van der Waals surface area (Å²) in [6.45, 7) is 1.44. The maximum absolute atomic E-state index is 12.2. The topological polar surface area (TPSA) is 108 Å².